The van der Waals surface area contributed by atoms with E-state index in [1.165, 1.54) is 29.7 Å². The summed E-state index contributed by atoms with van der Waals surface area (Å²) in [5, 5.41) is 2.99. The van der Waals surface area contributed by atoms with Crippen molar-refractivity contribution in [2.75, 3.05) is 18.5 Å². The highest BCUT2D eigenvalue weighted by molar-refractivity contribution is 7.17. The molecule has 2 aromatic rings. The minimum atomic E-state index is -0.759. The fourth-order valence-electron chi connectivity index (χ4n) is 2.34. The van der Waals surface area contributed by atoms with Gasteiger partial charge in [0.15, 0.2) is 6.61 Å². The molecule has 0 aliphatic carbocycles. The average molecular weight is 411 g/mol. The maximum atomic E-state index is 12.2. The molecule has 2 heterocycles. The minimum absolute atomic E-state index is 0.00558. The maximum Gasteiger partial charge on any atom is 0.341 e. The fourth-order valence-corrected chi connectivity index (χ4v) is 3.69. The van der Waals surface area contributed by atoms with Gasteiger partial charge in [-0.15, -0.1) is 11.3 Å². The highest BCUT2D eigenvalue weighted by Crippen LogP contribution is 2.34. The molecule has 1 N–H and O–H groups in total. The predicted octanol–water partition coefficient (Wildman–Crippen LogP) is 3.64. The zero-order valence-corrected chi connectivity index (χ0v) is 16.7. The quantitative estimate of drug-likeness (QED) is 0.553. The number of nitrogens with one attached hydrogen (secondary N) is 1. The van der Waals surface area contributed by atoms with E-state index in [9.17, 15) is 14.4 Å². The Morgan fingerprint density at radius 3 is 2.59 bits per heavy atom. The van der Waals surface area contributed by atoms with Crippen LogP contribution in [0.3, 0.4) is 0 Å². The van der Waals surface area contributed by atoms with Gasteiger partial charge in [-0.2, -0.15) is 0 Å². The van der Waals surface area contributed by atoms with Crippen molar-refractivity contribution in [1.29, 1.82) is 0 Å². The second-order valence-corrected chi connectivity index (χ2v) is 6.86. The van der Waals surface area contributed by atoms with Crippen molar-refractivity contribution in [3.8, 4) is 0 Å². The molecule has 0 bridgehead atoms. The van der Waals surface area contributed by atoms with Crippen molar-refractivity contribution in [2.45, 2.75) is 27.2 Å². The molecule has 1 amide bonds. The van der Waals surface area contributed by atoms with Crippen LogP contribution in [-0.4, -0.2) is 36.0 Å². The third kappa shape index (κ3) is 5.05. The molecule has 9 heteroatoms. The van der Waals surface area contributed by atoms with Crippen molar-refractivity contribution in [3.05, 3.63) is 45.1 Å². The summed E-state index contributed by atoms with van der Waals surface area (Å²) < 4.78 is 10.0. The Kier molecular flexibility index (Phi) is 7.32. The summed E-state index contributed by atoms with van der Waals surface area (Å²) in [6.07, 6.45) is 2.15. The van der Waals surface area contributed by atoms with E-state index in [1.54, 1.807) is 6.92 Å². The number of carbonyl (C=O) groups is 3. The number of hydrogen-bond acceptors (Lipinski definition) is 7. The number of amides is 1. The molecule has 0 fully saturated rings. The summed E-state index contributed by atoms with van der Waals surface area (Å²) in [6.45, 7) is 5.18. The van der Waals surface area contributed by atoms with E-state index in [-0.39, 0.29) is 17.3 Å². The number of rotatable bonds is 7. The van der Waals surface area contributed by atoms with Crippen LogP contribution < -0.4 is 5.32 Å². The molecule has 7 nitrogen and oxygen atoms in total. The predicted molar refractivity (Wildman–Crippen MR) is 103 cm³/mol. The maximum absolute atomic E-state index is 12.2. The van der Waals surface area contributed by atoms with Gasteiger partial charge in [0.05, 0.1) is 17.7 Å². The summed E-state index contributed by atoms with van der Waals surface area (Å²) in [5.74, 6) is -1.83. The molecule has 0 spiro atoms. The number of anilines is 1. The minimum Gasteiger partial charge on any atom is -0.462 e. The monoisotopic (exact) mass is 410 g/mol. The molecule has 0 saturated carbocycles. The van der Waals surface area contributed by atoms with Crippen molar-refractivity contribution in [2.24, 2.45) is 0 Å². The molecule has 0 aliphatic rings. The Morgan fingerprint density at radius 1 is 1.22 bits per heavy atom. The van der Waals surface area contributed by atoms with Crippen LogP contribution in [0.4, 0.5) is 5.00 Å². The molecule has 0 atom stereocenters. The van der Waals surface area contributed by atoms with E-state index in [2.05, 4.69) is 10.3 Å². The van der Waals surface area contributed by atoms with Crippen molar-refractivity contribution >= 4 is 45.8 Å². The third-order valence-electron chi connectivity index (χ3n) is 3.61. The van der Waals surface area contributed by atoms with Crippen LogP contribution in [0.25, 0.3) is 0 Å². The molecule has 2 rings (SSSR count). The summed E-state index contributed by atoms with van der Waals surface area (Å²) in [7, 11) is 0. The normalized spacial score (nSPS) is 10.4. The SMILES string of the molecule is CCOC(=O)c1c(NC(=O)COC(=O)c2cccnc2Cl)sc(CC)c1C. The number of nitrogens with zero attached hydrogens (tertiary/aromatic N) is 1. The van der Waals surface area contributed by atoms with E-state index in [1.807, 2.05) is 13.8 Å². The highest BCUT2D eigenvalue weighted by Gasteiger charge is 2.23. The van der Waals surface area contributed by atoms with Gasteiger partial charge in [-0.25, -0.2) is 14.6 Å². The lowest BCUT2D eigenvalue weighted by atomic mass is 10.1. The van der Waals surface area contributed by atoms with Gasteiger partial charge in [0.1, 0.15) is 10.2 Å². The zero-order chi connectivity index (χ0) is 20.0. The molecule has 0 radical (unpaired) electrons. The van der Waals surface area contributed by atoms with Gasteiger partial charge < -0.3 is 14.8 Å². The van der Waals surface area contributed by atoms with Crippen molar-refractivity contribution in [1.82, 2.24) is 4.98 Å². The molecule has 0 aliphatic heterocycles. The van der Waals surface area contributed by atoms with E-state index >= 15 is 0 Å². The number of esters is 2. The second-order valence-electron chi connectivity index (χ2n) is 5.39. The number of thiophene rings is 1. The Labute approximate surface area is 165 Å². The first-order valence-electron chi connectivity index (χ1n) is 8.25. The molecule has 0 aromatic carbocycles. The second kappa shape index (κ2) is 9.48. The van der Waals surface area contributed by atoms with Crippen LogP contribution in [0.5, 0.6) is 0 Å². The average Bonchev–Trinajstić information content (AvgIpc) is 2.95. The summed E-state index contributed by atoms with van der Waals surface area (Å²) in [4.78, 5) is 41.1. The van der Waals surface area contributed by atoms with Crippen molar-refractivity contribution in [3.63, 3.8) is 0 Å². The molecule has 27 heavy (non-hydrogen) atoms. The fraction of sp³-hybridized carbons (Fsp3) is 0.333. The van der Waals surface area contributed by atoms with Crippen LogP contribution in [-0.2, 0) is 20.7 Å². The number of pyridine rings is 1. The highest BCUT2D eigenvalue weighted by atomic mass is 35.5. The number of aromatic nitrogens is 1. The van der Waals surface area contributed by atoms with E-state index in [0.29, 0.717) is 17.0 Å². The Hall–Kier alpha value is -2.45. The number of hydrogen-bond donors (Lipinski definition) is 1. The molecule has 0 saturated heterocycles. The van der Waals surface area contributed by atoms with Gasteiger partial charge in [0.25, 0.3) is 5.91 Å². The van der Waals surface area contributed by atoms with Crippen LogP contribution in [0, 0.1) is 6.92 Å². The first-order valence-corrected chi connectivity index (χ1v) is 9.45. The molecular formula is C18H19ClN2O5S. The first-order chi connectivity index (χ1) is 12.9. The molecule has 2 aromatic heterocycles. The van der Waals surface area contributed by atoms with Gasteiger partial charge in [0.2, 0.25) is 0 Å². The van der Waals surface area contributed by atoms with Gasteiger partial charge in [0, 0.05) is 11.1 Å². The number of halogens is 1. The Morgan fingerprint density at radius 2 is 1.96 bits per heavy atom. The van der Waals surface area contributed by atoms with Gasteiger partial charge >= 0.3 is 11.9 Å². The van der Waals surface area contributed by atoms with Crippen molar-refractivity contribution < 1.29 is 23.9 Å². The zero-order valence-electron chi connectivity index (χ0n) is 15.1. The van der Waals surface area contributed by atoms with Crippen LogP contribution in [0.1, 0.15) is 45.0 Å². The van der Waals surface area contributed by atoms with Gasteiger partial charge in [-0.3, -0.25) is 4.79 Å². The Bertz CT molecular complexity index is 865. The summed E-state index contributed by atoms with van der Waals surface area (Å²) in [5.41, 5.74) is 1.17. The number of carbonyl (C=O) groups excluding carboxylic acids is 3. The van der Waals surface area contributed by atoms with Crippen LogP contribution in [0.15, 0.2) is 18.3 Å². The number of ether oxygens (including phenoxy) is 2. The van der Waals surface area contributed by atoms with E-state index < -0.39 is 24.5 Å². The third-order valence-corrected chi connectivity index (χ3v) is 5.27. The van der Waals surface area contributed by atoms with Crippen LogP contribution in [0.2, 0.25) is 5.15 Å². The van der Waals surface area contributed by atoms with Gasteiger partial charge in [-0.1, -0.05) is 18.5 Å². The largest absolute Gasteiger partial charge is 0.462 e. The standard InChI is InChI=1S/C18H19ClN2O5S/c1-4-12-10(3)14(18(24)25-5-2)16(27-12)21-13(22)9-26-17(23)11-7-6-8-20-15(11)19/h6-8H,4-5,9H2,1-3H3,(H,21,22). The molecular weight excluding hydrogens is 392 g/mol. The lowest BCUT2D eigenvalue weighted by Gasteiger charge is -2.08. The molecule has 0 unspecified atom stereocenters. The smallest absolute Gasteiger partial charge is 0.341 e. The van der Waals surface area contributed by atoms with E-state index in [4.69, 9.17) is 21.1 Å². The lowest BCUT2D eigenvalue weighted by Crippen LogP contribution is -2.22. The van der Waals surface area contributed by atoms with E-state index in [0.717, 1.165) is 10.4 Å². The van der Waals surface area contributed by atoms with Gasteiger partial charge in [-0.05, 0) is 38.0 Å². The summed E-state index contributed by atoms with van der Waals surface area (Å²) >= 11 is 7.12. The topological polar surface area (TPSA) is 94.6 Å². The Balaban J connectivity index is 2.08. The summed E-state index contributed by atoms with van der Waals surface area (Å²) in [6, 6.07) is 2.99. The van der Waals surface area contributed by atoms with Crippen LogP contribution >= 0.6 is 22.9 Å². The molecule has 144 valence electrons. The number of aryl methyl sites for hydroxylation is 1. The first kappa shape index (κ1) is 20.9. The lowest BCUT2D eigenvalue weighted by molar-refractivity contribution is -0.119.